The van der Waals surface area contributed by atoms with Crippen LogP contribution in [0.5, 0.6) is 0 Å². The second kappa shape index (κ2) is 13.5. The van der Waals surface area contributed by atoms with Gasteiger partial charge in [-0.2, -0.15) is 0 Å². The topological polar surface area (TPSA) is 105 Å². The lowest BCUT2D eigenvalue weighted by Gasteiger charge is -2.42. The Labute approximate surface area is 260 Å². The molecule has 1 aliphatic heterocycles. The maximum Gasteiger partial charge on any atom is 0.275 e. The highest BCUT2D eigenvalue weighted by Gasteiger charge is 2.45. The van der Waals surface area contributed by atoms with Crippen LogP contribution in [0.3, 0.4) is 0 Å². The fraction of sp³-hybridized carbons (Fsp3) is 0.484. The summed E-state index contributed by atoms with van der Waals surface area (Å²) in [7, 11) is -3.60. The third-order valence-electron chi connectivity index (χ3n) is 8.80. The van der Waals surface area contributed by atoms with Crippen molar-refractivity contribution >= 4 is 40.6 Å². The standard InChI is InChI=1S/C31H38N4O4S.2ClH/c36-30(34-18-17-32-20-25(34)21-40(38,39)26-11-5-2-6-12-26)28-29(24-9-3-1-4-10-24)35(22-33-28)27-13-7-8-16-31(27,37)19-23-14-15-23;;/h1-6,9-12,22-23,25,27,32,37H,7-8,13-21H2;2*1H/t25-,27+,31+;;/m0../s1. The number of amides is 1. The molecule has 42 heavy (non-hydrogen) atoms. The molecule has 1 saturated heterocycles. The van der Waals surface area contributed by atoms with E-state index in [0.29, 0.717) is 36.9 Å². The quantitative estimate of drug-likeness (QED) is 0.364. The van der Waals surface area contributed by atoms with E-state index in [-0.39, 0.29) is 47.4 Å². The molecule has 228 valence electrons. The van der Waals surface area contributed by atoms with Crippen LogP contribution in [0, 0.1) is 5.92 Å². The molecule has 2 aliphatic carbocycles. The van der Waals surface area contributed by atoms with Gasteiger partial charge < -0.3 is 19.9 Å². The molecule has 1 amide bonds. The molecule has 2 N–H and O–H groups in total. The third kappa shape index (κ3) is 6.70. The molecule has 0 radical (unpaired) electrons. The van der Waals surface area contributed by atoms with Gasteiger partial charge in [0.15, 0.2) is 15.5 Å². The second-order valence-electron chi connectivity index (χ2n) is 11.7. The molecule has 0 bridgehead atoms. The van der Waals surface area contributed by atoms with Crippen LogP contribution in [-0.4, -0.2) is 70.9 Å². The second-order valence-corrected chi connectivity index (χ2v) is 13.7. The molecule has 2 heterocycles. The molecule has 0 spiro atoms. The van der Waals surface area contributed by atoms with Gasteiger partial charge in [0.25, 0.3) is 5.91 Å². The molecular formula is C31H40Cl2N4O4S. The van der Waals surface area contributed by atoms with Gasteiger partial charge >= 0.3 is 0 Å². The van der Waals surface area contributed by atoms with Crippen LogP contribution in [0.1, 0.15) is 61.5 Å². The van der Waals surface area contributed by atoms with E-state index >= 15 is 0 Å². The highest BCUT2D eigenvalue weighted by molar-refractivity contribution is 7.91. The van der Waals surface area contributed by atoms with Crippen LogP contribution in [0.2, 0.25) is 0 Å². The number of aromatic nitrogens is 2. The minimum atomic E-state index is -3.60. The fourth-order valence-electron chi connectivity index (χ4n) is 6.59. The Morgan fingerprint density at radius 3 is 2.38 bits per heavy atom. The van der Waals surface area contributed by atoms with E-state index in [2.05, 4.69) is 10.3 Å². The smallest absolute Gasteiger partial charge is 0.275 e. The summed E-state index contributed by atoms with van der Waals surface area (Å²) in [5.74, 6) is 0.137. The summed E-state index contributed by atoms with van der Waals surface area (Å²) in [4.78, 5) is 20.9. The van der Waals surface area contributed by atoms with Gasteiger partial charge in [0.05, 0.1) is 40.4 Å². The summed E-state index contributed by atoms with van der Waals surface area (Å²) in [6.45, 7) is 1.37. The van der Waals surface area contributed by atoms with Crippen molar-refractivity contribution in [1.82, 2.24) is 19.8 Å². The molecular weight excluding hydrogens is 595 g/mol. The summed E-state index contributed by atoms with van der Waals surface area (Å²) in [5.41, 5.74) is 1.06. The SMILES string of the molecule is Cl.Cl.O=C(c1ncn([C@@H]2CCCC[C@@]2(O)CC2CC2)c1-c1ccccc1)N1CCNC[C@H]1CS(=O)(=O)c1ccccc1. The Bertz CT molecular complexity index is 1450. The highest BCUT2D eigenvalue weighted by atomic mass is 35.5. The number of hydrogen-bond acceptors (Lipinski definition) is 6. The monoisotopic (exact) mass is 634 g/mol. The predicted molar refractivity (Wildman–Crippen MR) is 168 cm³/mol. The van der Waals surface area contributed by atoms with Gasteiger partial charge in [0, 0.05) is 25.2 Å². The summed E-state index contributed by atoms with van der Waals surface area (Å²) < 4.78 is 28.6. The Hall–Kier alpha value is -2.43. The lowest BCUT2D eigenvalue weighted by atomic mass is 9.76. The summed E-state index contributed by atoms with van der Waals surface area (Å²) in [5, 5.41) is 15.2. The van der Waals surface area contributed by atoms with Crippen molar-refractivity contribution in [2.45, 2.75) is 67.5 Å². The summed E-state index contributed by atoms with van der Waals surface area (Å²) in [6, 6.07) is 17.5. The van der Waals surface area contributed by atoms with Gasteiger partial charge in [-0.15, -0.1) is 24.8 Å². The minimum Gasteiger partial charge on any atom is -0.388 e. The van der Waals surface area contributed by atoms with E-state index in [1.54, 1.807) is 41.6 Å². The van der Waals surface area contributed by atoms with Crippen LogP contribution >= 0.6 is 24.8 Å². The van der Waals surface area contributed by atoms with Crippen LogP contribution in [0.4, 0.5) is 0 Å². The number of carbonyl (C=O) groups excluding carboxylic acids is 1. The van der Waals surface area contributed by atoms with Crippen molar-refractivity contribution in [3.05, 3.63) is 72.7 Å². The zero-order valence-electron chi connectivity index (χ0n) is 23.6. The van der Waals surface area contributed by atoms with E-state index in [9.17, 15) is 18.3 Å². The van der Waals surface area contributed by atoms with E-state index in [0.717, 1.165) is 37.7 Å². The summed E-state index contributed by atoms with van der Waals surface area (Å²) >= 11 is 0. The zero-order valence-corrected chi connectivity index (χ0v) is 26.0. The van der Waals surface area contributed by atoms with Gasteiger partial charge in [0.2, 0.25) is 0 Å². The molecule has 3 fully saturated rings. The third-order valence-corrected chi connectivity index (χ3v) is 10.6. The van der Waals surface area contributed by atoms with Crippen LogP contribution in [-0.2, 0) is 9.84 Å². The Morgan fingerprint density at radius 2 is 1.69 bits per heavy atom. The zero-order chi connectivity index (χ0) is 27.7. The van der Waals surface area contributed by atoms with Gasteiger partial charge in [-0.05, 0) is 37.3 Å². The first-order valence-corrected chi connectivity index (χ1v) is 16.1. The van der Waals surface area contributed by atoms with Crippen molar-refractivity contribution in [2.75, 3.05) is 25.4 Å². The van der Waals surface area contributed by atoms with Crippen molar-refractivity contribution < 1.29 is 18.3 Å². The molecule has 8 nitrogen and oxygen atoms in total. The van der Waals surface area contributed by atoms with Crippen molar-refractivity contribution in [3.8, 4) is 11.3 Å². The first-order valence-electron chi connectivity index (χ1n) is 14.5. The molecule has 3 atom stereocenters. The number of piperazine rings is 1. The maximum absolute atomic E-state index is 14.2. The fourth-order valence-corrected chi connectivity index (χ4v) is 8.16. The largest absolute Gasteiger partial charge is 0.388 e. The average molecular weight is 636 g/mol. The van der Waals surface area contributed by atoms with E-state index in [1.165, 1.54) is 12.8 Å². The van der Waals surface area contributed by atoms with Crippen molar-refractivity contribution in [3.63, 3.8) is 0 Å². The van der Waals surface area contributed by atoms with E-state index in [1.807, 2.05) is 34.9 Å². The minimum absolute atomic E-state index is 0. The lowest BCUT2D eigenvalue weighted by Crippen LogP contribution is -2.56. The highest BCUT2D eigenvalue weighted by Crippen LogP contribution is 2.48. The maximum atomic E-state index is 14.2. The molecule has 3 aromatic rings. The Morgan fingerprint density at radius 1 is 1.00 bits per heavy atom. The van der Waals surface area contributed by atoms with Gasteiger partial charge in [-0.25, -0.2) is 13.4 Å². The first-order chi connectivity index (χ1) is 19.4. The number of nitrogens with one attached hydrogen (secondary N) is 1. The van der Waals surface area contributed by atoms with Crippen molar-refractivity contribution in [2.24, 2.45) is 5.92 Å². The summed E-state index contributed by atoms with van der Waals surface area (Å²) in [6.07, 6.45) is 8.45. The number of halogens is 2. The molecule has 2 saturated carbocycles. The number of benzene rings is 2. The molecule has 11 heteroatoms. The van der Waals surface area contributed by atoms with Crippen molar-refractivity contribution in [1.29, 1.82) is 0 Å². The van der Waals surface area contributed by atoms with Crippen LogP contribution in [0.25, 0.3) is 11.3 Å². The van der Waals surface area contributed by atoms with Crippen LogP contribution in [0.15, 0.2) is 71.9 Å². The predicted octanol–water partition coefficient (Wildman–Crippen LogP) is 4.93. The molecule has 0 unspecified atom stereocenters. The normalized spacial score (nSPS) is 24.4. The van der Waals surface area contributed by atoms with Gasteiger partial charge in [-0.1, -0.05) is 74.2 Å². The lowest BCUT2D eigenvalue weighted by molar-refractivity contribution is -0.0518. The molecule has 3 aliphatic rings. The number of imidazole rings is 1. The Balaban J connectivity index is 0.00000202. The number of carbonyl (C=O) groups is 1. The molecule has 6 rings (SSSR count). The van der Waals surface area contributed by atoms with Gasteiger partial charge in [0.1, 0.15) is 0 Å². The number of rotatable bonds is 8. The van der Waals surface area contributed by atoms with Crippen LogP contribution < -0.4 is 5.32 Å². The van der Waals surface area contributed by atoms with E-state index < -0.39 is 21.5 Å². The average Bonchev–Trinajstić information content (AvgIpc) is 3.67. The first kappa shape index (κ1) is 32.5. The Kier molecular flexibility index (Phi) is 10.4. The van der Waals surface area contributed by atoms with Gasteiger partial charge in [-0.3, -0.25) is 4.79 Å². The number of aliphatic hydroxyl groups is 1. The van der Waals surface area contributed by atoms with E-state index in [4.69, 9.17) is 0 Å². The molecule has 1 aromatic heterocycles. The molecule has 2 aromatic carbocycles. The number of sulfone groups is 1. The number of nitrogens with zero attached hydrogens (tertiary/aromatic N) is 3. The number of hydrogen-bond donors (Lipinski definition) is 2.